The molecular weight excluding hydrogens is 463 g/mol. The number of ketones is 1. The molecule has 10 heteroatoms. The molecule has 0 saturated carbocycles. The number of hydrogen-bond acceptors (Lipinski definition) is 6. The van der Waals surface area contributed by atoms with Gasteiger partial charge in [0.15, 0.2) is 12.4 Å². The molecule has 2 amide bonds. The molecule has 0 radical (unpaired) electrons. The van der Waals surface area contributed by atoms with Crippen molar-refractivity contribution >= 4 is 39.7 Å². The zero-order valence-electron chi connectivity index (χ0n) is 16.9. The van der Waals surface area contributed by atoms with Gasteiger partial charge in [0.1, 0.15) is 17.9 Å². The summed E-state index contributed by atoms with van der Waals surface area (Å²) in [7, 11) is 1.20. The third kappa shape index (κ3) is 5.78. The fourth-order valence-corrected chi connectivity index (χ4v) is 3.39. The van der Waals surface area contributed by atoms with E-state index in [0.29, 0.717) is 19.4 Å². The minimum Gasteiger partial charge on any atom is -0.456 e. The third-order valence-corrected chi connectivity index (χ3v) is 5.43. The molecule has 0 bridgehead atoms. The number of amides is 2. The van der Waals surface area contributed by atoms with Gasteiger partial charge in [-0.05, 0) is 52.9 Å². The number of alkyl carbamates (subject to hydrolysis) is 1. The first kappa shape index (κ1) is 23.8. The Balaban J connectivity index is 2.02. The highest BCUT2D eigenvalue weighted by Crippen LogP contribution is 2.22. The molecule has 1 aromatic rings. The summed E-state index contributed by atoms with van der Waals surface area (Å²) in [5.41, 5.74) is 0.0741. The van der Waals surface area contributed by atoms with Crippen LogP contribution < -0.4 is 5.32 Å². The van der Waals surface area contributed by atoms with Gasteiger partial charge in [-0.3, -0.25) is 9.59 Å². The van der Waals surface area contributed by atoms with Crippen LogP contribution in [0.15, 0.2) is 22.7 Å². The van der Waals surface area contributed by atoms with Gasteiger partial charge >= 0.3 is 12.1 Å². The molecule has 8 nitrogen and oxygen atoms in total. The van der Waals surface area contributed by atoms with E-state index in [-0.39, 0.29) is 16.0 Å². The topological polar surface area (TPSA) is 102 Å². The second-order valence-electron chi connectivity index (χ2n) is 7.21. The molecule has 164 valence electrons. The third-order valence-electron chi connectivity index (χ3n) is 4.79. The van der Waals surface area contributed by atoms with Crippen LogP contribution in [0.1, 0.15) is 37.0 Å². The monoisotopic (exact) mass is 486 g/mol. The Hall–Kier alpha value is -2.49. The predicted molar refractivity (Wildman–Crippen MR) is 108 cm³/mol. The molecule has 1 fully saturated rings. The van der Waals surface area contributed by atoms with Crippen molar-refractivity contribution in [3.05, 3.63) is 34.1 Å². The number of hydrogen-bond donors (Lipinski definition) is 1. The van der Waals surface area contributed by atoms with Crippen LogP contribution in [0.5, 0.6) is 0 Å². The Morgan fingerprint density at radius 1 is 1.30 bits per heavy atom. The quantitative estimate of drug-likeness (QED) is 0.469. The van der Waals surface area contributed by atoms with Crippen LogP contribution in [-0.2, 0) is 19.1 Å². The summed E-state index contributed by atoms with van der Waals surface area (Å²) >= 11 is 3.00. The highest BCUT2D eigenvalue weighted by Gasteiger charge is 2.39. The van der Waals surface area contributed by atoms with Crippen LogP contribution in [0.4, 0.5) is 9.18 Å². The van der Waals surface area contributed by atoms with Gasteiger partial charge in [-0.2, -0.15) is 0 Å². The zero-order chi connectivity index (χ0) is 22.4. The lowest BCUT2D eigenvalue weighted by Crippen LogP contribution is -2.54. The van der Waals surface area contributed by atoms with Gasteiger partial charge in [0.05, 0.1) is 11.6 Å². The van der Waals surface area contributed by atoms with Crippen LogP contribution in [0.2, 0.25) is 0 Å². The molecule has 2 rings (SSSR count). The van der Waals surface area contributed by atoms with Gasteiger partial charge in [-0.15, -0.1) is 0 Å². The molecule has 1 heterocycles. The van der Waals surface area contributed by atoms with Gasteiger partial charge < -0.3 is 19.7 Å². The largest absolute Gasteiger partial charge is 0.456 e. The van der Waals surface area contributed by atoms with E-state index in [0.717, 1.165) is 6.07 Å². The van der Waals surface area contributed by atoms with Crippen LogP contribution in [0.25, 0.3) is 0 Å². The minimum atomic E-state index is -0.863. The van der Waals surface area contributed by atoms with Crippen LogP contribution in [0, 0.1) is 11.7 Å². The van der Waals surface area contributed by atoms with E-state index in [1.165, 1.54) is 24.1 Å². The number of nitrogens with zero attached hydrogens (tertiary/aromatic N) is 1. The van der Waals surface area contributed by atoms with Crippen LogP contribution in [0.3, 0.4) is 0 Å². The number of halogens is 2. The maximum absolute atomic E-state index is 13.6. The summed E-state index contributed by atoms with van der Waals surface area (Å²) in [5, 5.41) is 2.49. The van der Waals surface area contributed by atoms with E-state index in [9.17, 15) is 23.6 Å². The molecule has 0 aromatic heterocycles. The van der Waals surface area contributed by atoms with Crippen molar-refractivity contribution in [2.45, 2.75) is 38.8 Å². The number of carbonyl (C=O) groups is 4. The summed E-state index contributed by atoms with van der Waals surface area (Å²) in [4.78, 5) is 50.5. The van der Waals surface area contributed by atoms with E-state index in [2.05, 4.69) is 26.0 Å². The predicted octanol–water partition coefficient (Wildman–Crippen LogP) is 2.69. The molecule has 1 saturated heterocycles. The number of likely N-dealkylation sites (tertiary alicyclic amines) is 1. The summed E-state index contributed by atoms with van der Waals surface area (Å²) in [5.74, 6) is -2.53. The Kier molecular flexibility index (Phi) is 8.33. The first-order valence-corrected chi connectivity index (χ1v) is 10.2. The number of esters is 1. The second kappa shape index (κ2) is 10.5. The van der Waals surface area contributed by atoms with Crippen LogP contribution in [-0.4, -0.2) is 61.0 Å². The number of carbonyl (C=O) groups excluding carboxylic acids is 4. The van der Waals surface area contributed by atoms with Crippen molar-refractivity contribution in [3.8, 4) is 0 Å². The van der Waals surface area contributed by atoms with Crippen molar-refractivity contribution in [2.24, 2.45) is 5.92 Å². The maximum Gasteiger partial charge on any atom is 0.407 e. The first-order chi connectivity index (χ1) is 14.1. The lowest BCUT2D eigenvalue weighted by Gasteiger charge is -2.29. The van der Waals surface area contributed by atoms with Crippen molar-refractivity contribution in [1.29, 1.82) is 0 Å². The van der Waals surface area contributed by atoms with E-state index < -0.39 is 48.3 Å². The van der Waals surface area contributed by atoms with E-state index >= 15 is 0 Å². The van der Waals surface area contributed by atoms with Gasteiger partial charge in [-0.1, -0.05) is 13.8 Å². The number of Topliss-reactive ketones (excluding diaryl/α,β-unsaturated/α-hetero) is 1. The molecule has 1 aromatic carbocycles. The number of nitrogens with one attached hydrogen (secondary N) is 1. The fraction of sp³-hybridized carbons (Fsp3) is 0.500. The van der Waals surface area contributed by atoms with Gasteiger partial charge in [-0.25, -0.2) is 14.0 Å². The maximum atomic E-state index is 13.6. The molecule has 1 unspecified atom stereocenters. The number of benzene rings is 1. The fourth-order valence-electron chi connectivity index (χ4n) is 3.14. The summed E-state index contributed by atoms with van der Waals surface area (Å²) in [6, 6.07) is 2.14. The van der Waals surface area contributed by atoms with Gasteiger partial charge in [0.25, 0.3) is 0 Å². The Morgan fingerprint density at radius 2 is 2.00 bits per heavy atom. The van der Waals surface area contributed by atoms with E-state index in [4.69, 9.17) is 4.74 Å². The molecule has 1 N–H and O–H groups in total. The van der Waals surface area contributed by atoms with Crippen molar-refractivity contribution in [2.75, 3.05) is 20.3 Å². The summed E-state index contributed by atoms with van der Waals surface area (Å²) in [6.45, 7) is 3.29. The normalized spacial score (nSPS) is 16.9. The van der Waals surface area contributed by atoms with Crippen LogP contribution >= 0.6 is 15.9 Å². The number of methoxy groups -OCH3 is 1. The average Bonchev–Trinajstić information content (AvgIpc) is 3.21. The Bertz CT molecular complexity index is 832. The van der Waals surface area contributed by atoms with Gasteiger partial charge in [0.2, 0.25) is 5.91 Å². The highest BCUT2D eigenvalue weighted by atomic mass is 79.9. The Labute approximate surface area is 182 Å². The van der Waals surface area contributed by atoms with E-state index in [1.54, 1.807) is 13.8 Å². The molecule has 1 aliphatic rings. The minimum absolute atomic E-state index is 0.0741. The van der Waals surface area contributed by atoms with Crippen molar-refractivity contribution < 1.29 is 33.0 Å². The van der Waals surface area contributed by atoms with Crippen molar-refractivity contribution in [3.63, 3.8) is 0 Å². The summed E-state index contributed by atoms with van der Waals surface area (Å²) < 4.78 is 23.5. The van der Waals surface area contributed by atoms with Crippen molar-refractivity contribution in [1.82, 2.24) is 10.2 Å². The van der Waals surface area contributed by atoms with Gasteiger partial charge in [0, 0.05) is 12.1 Å². The molecule has 30 heavy (non-hydrogen) atoms. The molecule has 2 atom stereocenters. The lowest BCUT2D eigenvalue weighted by atomic mass is 10.0. The highest BCUT2D eigenvalue weighted by molar-refractivity contribution is 9.10. The smallest absolute Gasteiger partial charge is 0.407 e. The zero-order valence-corrected chi connectivity index (χ0v) is 18.5. The summed E-state index contributed by atoms with van der Waals surface area (Å²) in [6.07, 6.45) is 0.225. The molecular formula is C20H24BrFN2O6. The first-order valence-electron chi connectivity index (χ1n) is 9.45. The number of rotatable bonds is 7. The number of ether oxygens (including phenoxy) is 2. The van der Waals surface area contributed by atoms with E-state index in [1.807, 2.05) is 0 Å². The Morgan fingerprint density at radius 3 is 2.60 bits per heavy atom. The average molecular weight is 487 g/mol. The molecule has 0 aliphatic carbocycles. The standard InChI is InChI=1S/C20H24BrFN2O6/c1-11(2)17(23-20(28)29-3)18(26)24-8-4-5-15(24)19(27)30-10-16(25)12-6-7-13(21)14(22)9-12/h6-7,9,11,15,17H,4-5,8,10H2,1-3H3,(H,23,28)/t15?,17-/m0/s1. The molecule has 1 aliphatic heterocycles. The molecule has 0 spiro atoms. The second-order valence-corrected chi connectivity index (χ2v) is 8.06. The SMILES string of the molecule is COC(=O)N[C@H](C(=O)N1CCCC1C(=O)OCC(=O)c1ccc(Br)c(F)c1)C(C)C. The lowest BCUT2D eigenvalue weighted by molar-refractivity contribution is -0.153.